The molecule has 1 aromatic heterocycles. The van der Waals surface area contributed by atoms with Crippen LogP contribution in [0.2, 0.25) is 0 Å². The van der Waals surface area contributed by atoms with Crippen LogP contribution in [0.5, 0.6) is 11.5 Å². The van der Waals surface area contributed by atoms with Crippen molar-refractivity contribution in [1.82, 2.24) is 9.88 Å². The number of rotatable bonds is 6. The highest BCUT2D eigenvalue weighted by molar-refractivity contribution is 5.72. The molecule has 0 bridgehead atoms. The number of anilines is 1. The average molecular weight is 405 g/mol. The van der Waals surface area contributed by atoms with Crippen LogP contribution in [0.1, 0.15) is 36.2 Å². The number of aromatic nitrogens is 1. The minimum Gasteiger partial charge on any atom is -0.497 e. The number of aliphatic hydroxyl groups is 1. The van der Waals surface area contributed by atoms with Gasteiger partial charge in [-0.25, -0.2) is 4.98 Å². The number of ether oxygens (including phenoxy) is 2. The van der Waals surface area contributed by atoms with Crippen molar-refractivity contribution in [3.63, 3.8) is 0 Å². The highest BCUT2D eigenvalue weighted by Gasteiger charge is 2.32. The molecular weight excluding hydrogens is 378 g/mol. The molecule has 4 rings (SSSR count). The second-order valence-electron chi connectivity index (χ2n) is 7.48. The Bertz CT molecular complexity index is 1020. The molecule has 0 spiro atoms. The van der Waals surface area contributed by atoms with E-state index < -0.39 is 6.23 Å². The first-order valence-corrected chi connectivity index (χ1v) is 10.1. The van der Waals surface area contributed by atoms with Crippen LogP contribution in [-0.4, -0.2) is 35.8 Å². The lowest BCUT2D eigenvalue weighted by molar-refractivity contribution is -0.00803. The lowest BCUT2D eigenvalue weighted by Gasteiger charge is -2.30. The Hall–Kier alpha value is -3.09. The first-order valence-electron chi connectivity index (χ1n) is 10.1. The molecule has 0 radical (unpaired) electrons. The van der Waals surface area contributed by atoms with Crippen molar-refractivity contribution in [2.45, 2.75) is 25.1 Å². The van der Waals surface area contributed by atoms with E-state index in [9.17, 15) is 5.11 Å². The van der Waals surface area contributed by atoms with Gasteiger partial charge in [0.15, 0.2) is 0 Å². The third-order valence-electron chi connectivity index (χ3n) is 5.70. The van der Waals surface area contributed by atoms with Crippen molar-refractivity contribution in [3.05, 3.63) is 71.9 Å². The Morgan fingerprint density at radius 3 is 2.73 bits per heavy atom. The minimum atomic E-state index is -0.728. The number of pyridine rings is 1. The van der Waals surface area contributed by atoms with Crippen LogP contribution >= 0.6 is 0 Å². The van der Waals surface area contributed by atoms with Gasteiger partial charge in [-0.15, -0.1) is 0 Å². The molecule has 0 amide bonds. The van der Waals surface area contributed by atoms with E-state index >= 15 is 0 Å². The third-order valence-corrected chi connectivity index (χ3v) is 5.70. The quantitative estimate of drug-likeness (QED) is 0.640. The summed E-state index contributed by atoms with van der Waals surface area (Å²) in [5.74, 6) is 1.97. The fourth-order valence-corrected chi connectivity index (χ4v) is 4.20. The van der Waals surface area contributed by atoms with Crippen LogP contribution in [0.3, 0.4) is 0 Å². The normalized spacial score (nSPS) is 17.6. The molecule has 156 valence electrons. The first-order chi connectivity index (χ1) is 14.6. The maximum Gasteiger partial charge on any atom is 0.134 e. The molecule has 1 aliphatic heterocycles. The predicted octanol–water partition coefficient (Wildman–Crippen LogP) is 4.18. The van der Waals surface area contributed by atoms with Crippen LogP contribution in [0.4, 0.5) is 5.82 Å². The van der Waals surface area contributed by atoms with Gasteiger partial charge in [-0.2, -0.15) is 0 Å². The molecule has 2 aromatic carbocycles. The fraction of sp³-hybridized carbons (Fsp3) is 0.292. The second-order valence-corrected chi connectivity index (χ2v) is 7.48. The van der Waals surface area contributed by atoms with Crippen molar-refractivity contribution in [1.29, 1.82) is 0 Å². The van der Waals surface area contributed by atoms with E-state index in [0.29, 0.717) is 11.6 Å². The molecule has 3 aromatic rings. The summed E-state index contributed by atoms with van der Waals surface area (Å²) in [5, 5.41) is 11.2. The van der Waals surface area contributed by atoms with E-state index in [-0.39, 0.29) is 6.04 Å². The number of nitrogens with two attached hydrogens (primary N) is 1. The number of methoxy groups -OCH3 is 2. The number of benzene rings is 2. The maximum atomic E-state index is 11.2. The van der Waals surface area contributed by atoms with Gasteiger partial charge in [0.1, 0.15) is 23.5 Å². The van der Waals surface area contributed by atoms with E-state index in [1.165, 1.54) is 0 Å². The van der Waals surface area contributed by atoms with Gasteiger partial charge in [0, 0.05) is 24.3 Å². The van der Waals surface area contributed by atoms with E-state index in [2.05, 4.69) is 16.0 Å². The minimum absolute atomic E-state index is 0.140. The van der Waals surface area contributed by atoms with E-state index in [1.807, 2.05) is 48.5 Å². The number of aliphatic hydroxyl groups excluding tert-OH is 1. The summed E-state index contributed by atoms with van der Waals surface area (Å²) in [6.45, 7) is 0.827. The smallest absolute Gasteiger partial charge is 0.134 e. The van der Waals surface area contributed by atoms with Crippen LogP contribution in [0.15, 0.2) is 60.8 Å². The highest BCUT2D eigenvalue weighted by Crippen LogP contribution is 2.40. The van der Waals surface area contributed by atoms with Crippen molar-refractivity contribution in [2.24, 2.45) is 0 Å². The SMILES string of the molecule is COc1cccc(C2CCCN2C(O)c2ccc(-c3ccnc(N)c3)c(OC)c2)c1. The Morgan fingerprint density at radius 1 is 1.10 bits per heavy atom. The number of nitrogen functional groups attached to an aromatic ring is 1. The third kappa shape index (κ3) is 3.97. The number of likely N-dealkylation sites (tertiary alicyclic amines) is 1. The summed E-state index contributed by atoms with van der Waals surface area (Å²) >= 11 is 0. The summed E-state index contributed by atoms with van der Waals surface area (Å²) in [5.41, 5.74) is 9.62. The summed E-state index contributed by atoms with van der Waals surface area (Å²) in [4.78, 5) is 6.18. The zero-order valence-corrected chi connectivity index (χ0v) is 17.3. The summed E-state index contributed by atoms with van der Waals surface area (Å²) in [6.07, 6.45) is 2.98. The number of hydrogen-bond donors (Lipinski definition) is 2. The number of nitrogens with zero attached hydrogens (tertiary/aromatic N) is 2. The van der Waals surface area contributed by atoms with Gasteiger partial charge in [-0.3, -0.25) is 4.90 Å². The van der Waals surface area contributed by atoms with E-state index in [1.54, 1.807) is 20.4 Å². The average Bonchev–Trinajstić information content (AvgIpc) is 3.28. The Labute approximate surface area is 176 Å². The summed E-state index contributed by atoms with van der Waals surface area (Å²) in [6, 6.07) is 17.7. The zero-order valence-electron chi connectivity index (χ0n) is 17.3. The van der Waals surface area contributed by atoms with Crippen LogP contribution in [-0.2, 0) is 0 Å². The van der Waals surface area contributed by atoms with Gasteiger partial charge in [-0.05, 0) is 59.9 Å². The second kappa shape index (κ2) is 8.73. The predicted molar refractivity (Wildman–Crippen MR) is 117 cm³/mol. The van der Waals surface area contributed by atoms with Gasteiger partial charge in [-0.1, -0.05) is 24.3 Å². The molecule has 1 saturated heterocycles. The molecule has 2 atom stereocenters. The molecule has 2 unspecified atom stereocenters. The molecule has 3 N–H and O–H groups in total. The monoisotopic (exact) mass is 405 g/mol. The molecule has 0 aliphatic carbocycles. The topological polar surface area (TPSA) is 80.8 Å². The van der Waals surface area contributed by atoms with Crippen molar-refractivity contribution in [2.75, 3.05) is 26.5 Å². The van der Waals surface area contributed by atoms with E-state index in [0.717, 1.165) is 47.4 Å². The molecule has 0 saturated carbocycles. The Morgan fingerprint density at radius 2 is 1.97 bits per heavy atom. The molecule has 1 fully saturated rings. The van der Waals surface area contributed by atoms with Crippen molar-refractivity contribution >= 4 is 5.82 Å². The summed E-state index contributed by atoms with van der Waals surface area (Å²) in [7, 11) is 3.30. The summed E-state index contributed by atoms with van der Waals surface area (Å²) < 4.78 is 11.0. The molecule has 6 nitrogen and oxygen atoms in total. The van der Waals surface area contributed by atoms with Crippen LogP contribution in [0, 0.1) is 0 Å². The molecule has 2 heterocycles. The fourth-order valence-electron chi connectivity index (χ4n) is 4.20. The molecular formula is C24H27N3O3. The highest BCUT2D eigenvalue weighted by atomic mass is 16.5. The Kier molecular flexibility index (Phi) is 5.88. The standard InChI is InChI=1S/C24H27N3O3/c1-29-19-6-3-5-17(13-19)21-7-4-12-27(21)24(28)18-8-9-20(22(14-18)30-2)16-10-11-26-23(25)15-16/h3,5-6,8-11,13-15,21,24,28H,4,7,12H2,1-2H3,(H2,25,26). The molecule has 30 heavy (non-hydrogen) atoms. The van der Waals surface area contributed by atoms with E-state index in [4.69, 9.17) is 15.2 Å². The van der Waals surface area contributed by atoms with Crippen molar-refractivity contribution < 1.29 is 14.6 Å². The lowest BCUT2D eigenvalue weighted by Crippen LogP contribution is -2.28. The zero-order chi connectivity index (χ0) is 21.1. The Balaban J connectivity index is 1.63. The maximum absolute atomic E-state index is 11.2. The first kappa shape index (κ1) is 20.2. The number of hydrogen-bond acceptors (Lipinski definition) is 6. The van der Waals surface area contributed by atoms with Gasteiger partial charge in [0.25, 0.3) is 0 Å². The molecule has 6 heteroatoms. The molecule has 1 aliphatic rings. The van der Waals surface area contributed by atoms with Gasteiger partial charge in [0.2, 0.25) is 0 Å². The van der Waals surface area contributed by atoms with Gasteiger partial charge < -0.3 is 20.3 Å². The van der Waals surface area contributed by atoms with Gasteiger partial charge in [0.05, 0.1) is 14.2 Å². The van der Waals surface area contributed by atoms with Gasteiger partial charge >= 0.3 is 0 Å². The van der Waals surface area contributed by atoms with Crippen LogP contribution < -0.4 is 15.2 Å². The lowest BCUT2D eigenvalue weighted by atomic mass is 10.0. The van der Waals surface area contributed by atoms with Crippen molar-refractivity contribution in [3.8, 4) is 22.6 Å². The van der Waals surface area contributed by atoms with Crippen LogP contribution in [0.25, 0.3) is 11.1 Å². The largest absolute Gasteiger partial charge is 0.497 e.